The normalized spacial score (nSPS) is 22.1. The second-order valence-electron chi connectivity index (χ2n) is 10.3. The second-order valence-corrected chi connectivity index (χ2v) is 11.2. The standard InChI is InChI=1S/C30H36N4O2S/c1-21-9-6-10-23(19-21)34-17-16-33(20-22(34)2)15-8-14-31-29(35)27-24-11-4-5-12-25(24)30(36)32(3)28(27)26-13-7-18-37-26/h4-7,9-13,18-19,22,27-28H,8,14-17,20H2,1-3H3,(H,31,35)/t22-,27-,28+/m1/s1. The van der Waals surface area contributed by atoms with Gasteiger partial charge in [0.05, 0.1) is 12.0 Å². The first kappa shape index (κ1) is 25.5. The molecule has 0 bridgehead atoms. The van der Waals surface area contributed by atoms with Crippen molar-refractivity contribution in [3.8, 4) is 0 Å². The van der Waals surface area contributed by atoms with Crippen LogP contribution in [-0.2, 0) is 4.79 Å². The Hall–Kier alpha value is -3.16. The summed E-state index contributed by atoms with van der Waals surface area (Å²) in [6, 6.07) is 20.4. The SMILES string of the molecule is Cc1cccc(N2CCN(CCCNC(=O)[C@@H]3c4ccccc4C(=O)N(C)[C@H]3c3cccs3)C[C@H]2C)c1. The molecule has 7 heteroatoms. The summed E-state index contributed by atoms with van der Waals surface area (Å²) in [7, 11) is 1.81. The zero-order valence-electron chi connectivity index (χ0n) is 21.9. The number of carbonyl (C=O) groups excluding carboxylic acids is 2. The lowest BCUT2D eigenvalue weighted by molar-refractivity contribution is -0.124. The Morgan fingerprint density at radius 2 is 1.92 bits per heavy atom. The van der Waals surface area contributed by atoms with Crippen molar-refractivity contribution in [1.82, 2.24) is 15.1 Å². The van der Waals surface area contributed by atoms with Crippen LogP contribution in [0.3, 0.4) is 0 Å². The predicted octanol–water partition coefficient (Wildman–Crippen LogP) is 4.68. The van der Waals surface area contributed by atoms with Crippen LogP contribution in [0.2, 0.25) is 0 Å². The van der Waals surface area contributed by atoms with Crippen LogP contribution in [0.25, 0.3) is 0 Å². The summed E-state index contributed by atoms with van der Waals surface area (Å²) in [5.41, 5.74) is 4.04. The number of piperazine rings is 1. The predicted molar refractivity (Wildman–Crippen MR) is 150 cm³/mol. The van der Waals surface area contributed by atoms with Gasteiger partial charge in [0.15, 0.2) is 0 Å². The van der Waals surface area contributed by atoms with Gasteiger partial charge in [0, 0.05) is 55.4 Å². The lowest BCUT2D eigenvalue weighted by Crippen LogP contribution is -2.52. The maximum atomic E-state index is 13.6. The van der Waals surface area contributed by atoms with Crippen molar-refractivity contribution >= 4 is 28.8 Å². The third kappa shape index (κ3) is 5.29. The minimum Gasteiger partial charge on any atom is -0.366 e. The summed E-state index contributed by atoms with van der Waals surface area (Å²) in [5.74, 6) is -0.463. The number of anilines is 1. The average Bonchev–Trinajstić information content (AvgIpc) is 3.43. The minimum absolute atomic E-state index is 0.0113. The van der Waals surface area contributed by atoms with E-state index in [1.807, 2.05) is 41.8 Å². The molecule has 2 aliphatic heterocycles. The van der Waals surface area contributed by atoms with E-state index in [0.717, 1.165) is 43.0 Å². The van der Waals surface area contributed by atoms with Crippen LogP contribution in [0.5, 0.6) is 0 Å². The van der Waals surface area contributed by atoms with Crippen LogP contribution in [0.1, 0.15) is 51.7 Å². The average molecular weight is 517 g/mol. The number of rotatable bonds is 7. The van der Waals surface area contributed by atoms with Gasteiger partial charge < -0.3 is 15.1 Å². The van der Waals surface area contributed by atoms with Crippen molar-refractivity contribution in [3.05, 3.63) is 87.6 Å². The van der Waals surface area contributed by atoms with Gasteiger partial charge >= 0.3 is 0 Å². The van der Waals surface area contributed by atoms with Crippen LogP contribution in [0.15, 0.2) is 66.0 Å². The molecule has 2 aromatic carbocycles. The van der Waals surface area contributed by atoms with Crippen LogP contribution in [0.4, 0.5) is 5.69 Å². The summed E-state index contributed by atoms with van der Waals surface area (Å²) in [4.78, 5) is 34.4. The third-order valence-corrected chi connectivity index (χ3v) is 8.63. The Morgan fingerprint density at radius 3 is 2.68 bits per heavy atom. The number of aryl methyl sites for hydroxylation is 1. The highest BCUT2D eigenvalue weighted by atomic mass is 32.1. The highest BCUT2D eigenvalue weighted by molar-refractivity contribution is 7.10. The fourth-order valence-corrected chi connectivity index (χ4v) is 6.73. The number of amides is 2. The summed E-state index contributed by atoms with van der Waals surface area (Å²) >= 11 is 1.59. The molecule has 0 unspecified atom stereocenters. The van der Waals surface area contributed by atoms with Crippen molar-refractivity contribution in [1.29, 1.82) is 0 Å². The van der Waals surface area contributed by atoms with E-state index in [4.69, 9.17) is 0 Å². The molecular formula is C30H36N4O2S. The molecule has 1 aromatic heterocycles. The highest BCUT2D eigenvalue weighted by Gasteiger charge is 2.42. The molecule has 194 valence electrons. The van der Waals surface area contributed by atoms with E-state index in [0.29, 0.717) is 18.2 Å². The Morgan fingerprint density at radius 1 is 1.08 bits per heavy atom. The Bertz CT molecular complexity index is 1240. The highest BCUT2D eigenvalue weighted by Crippen LogP contribution is 2.43. The third-order valence-electron chi connectivity index (χ3n) is 7.69. The van der Waals surface area contributed by atoms with Crippen LogP contribution in [0, 0.1) is 6.92 Å². The number of hydrogen-bond donors (Lipinski definition) is 1. The van der Waals surface area contributed by atoms with Gasteiger partial charge in [-0.3, -0.25) is 14.5 Å². The molecule has 6 nitrogen and oxygen atoms in total. The first-order valence-electron chi connectivity index (χ1n) is 13.2. The molecule has 2 aliphatic rings. The zero-order chi connectivity index (χ0) is 25.9. The molecule has 1 fully saturated rings. The van der Waals surface area contributed by atoms with Gasteiger partial charge in [-0.05, 0) is 67.6 Å². The molecule has 3 heterocycles. The molecule has 1 saturated heterocycles. The Kier molecular flexibility index (Phi) is 7.63. The number of fused-ring (bicyclic) bond motifs is 1. The first-order chi connectivity index (χ1) is 17.9. The molecule has 0 aliphatic carbocycles. The summed E-state index contributed by atoms with van der Waals surface area (Å²) in [5, 5.41) is 5.21. The molecule has 2 amide bonds. The van der Waals surface area contributed by atoms with Crippen molar-refractivity contribution in [3.63, 3.8) is 0 Å². The summed E-state index contributed by atoms with van der Waals surface area (Å²) in [6.07, 6.45) is 0.899. The maximum absolute atomic E-state index is 13.6. The van der Waals surface area contributed by atoms with Gasteiger partial charge in [-0.1, -0.05) is 36.4 Å². The van der Waals surface area contributed by atoms with E-state index < -0.39 is 5.92 Å². The molecule has 0 spiro atoms. The van der Waals surface area contributed by atoms with Crippen LogP contribution >= 0.6 is 11.3 Å². The molecule has 3 atom stereocenters. The smallest absolute Gasteiger partial charge is 0.254 e. The number of thiophene rings is 1. The van der Waals surface area contributed by atoms with E-state index in [9.17, 15) is 9.59 Å². The number of likely N-dealkylation sites (N-methyl/N-ethyl adjacent to an activating group) is 1. The van der Waals surface area contributed by atoms with Gasteiger partial charge in [0.25, 0.3) is 5.91 Å². The number of carbonyl (C=O) groups is 2. The fraction of sp³-hybridized carbons (Fsp3) is 0.400. The summed E-state index contributed by atoms with van der Waals surface area (Å²) in [6.45, 7) is 9.07. The molecule has 0 saturated carbocycles. The molecular weight excluding hydrogens is 480 g/mol. The van der Waals surface area contributed by atoms with E-state index in [2.05, 4.69) is 53.2 Å². The van der Waals surface area contributed by atoms with Crippen molar-refractivity contribution in [2.75, 3.05) is 44.7 Å². The minimum atomic E-state index is -0.421. The molecule has 37 heavy (non-hydrogen) atoms. The summed E-state index contributed by atoms with van der Waals surface area (Å²) < 4.78 is 0. The molecule has 3 aromatic rings. The van der Waals surface area contributed by atoms with Crippen molar-refractivity contribution in [2.45, 2.75) is 38.3 Å². The Balaban J connectivity index is 1.19. The first-order valence-corrected chi connectivity index (χ1v) is 14.0. The zero-order valence-corrected chi connectivity index (χ0v) is 22.7. The van der Waals surface area contributed by atoms with E-state index >= 15 is 0 Å². The fourth-order valence-electron chi connectivity index (χ4n) is 5.82. The Labute approximate surface area is 223 Å². The van der Waals surface area contributed by atoms with E-state index in [-0.39, 0.29) is 17.9 Å². The monoisotopic (exact) mass is 516 g/mol. The number of benzene rings is 2. The van der Waals surface area contributed by atoms with E-state index in [1.54, 1.807) is 23.3 Å². The van der Waals surface area contributed by atoms with Crippen molar-refractivity contribution in [2.24, 2.45) is 0 Å². The van der Waals surface area contributed by atoms with Crippen LogP contribution in [-0.4, -0.2) is 67.4 Å². The van der Waals surface area contributed by atoms with Gasteiger partial charge in [-0.2, -0.15) is 0 Å². The quantitative estimate of drug-likeness (QED) is 0.463. The number of nitrogens with one attached hydrogen (secondary N) is 1. The topological polar surface area (TPSA) is 55.9 Å². The molecule has 5 rings (SSSR count). The lowest BCUT2D eigenvalue weighted by Gasteiger charge is -2.41. The lowest BCUT2D eigenvalue weighted by atomic mass is 9.81. The number of nitrogens with zero attached hydrogens (tertiary/aromatic N) is 3. The molecule has 1 N–H and O–H groups in total. The maximum Gasteiger partial charge on any atom is 0.254 e. The van der Waals surface area contributed by atoms with Gasteiger partial charge in [0.1, 0.15) is 0 Å². The van der Waals surface area contributed by atoms with Gasteiger partial charge in [-0.15, -0.1) is 11.3 Å². The van der Waals surface area contributed by atoms with E-state index in [1.165, 1.54) is 11.3 Å². The number of hydrogen-bond acceptors (Lipinski definition) is 5. The van der Waals surface area contributed by atoms with Crippen molar-refractivity contribution < 1.29 is 9.59 Å². The van der Waals surface area contributed by atoms with Crippen LogP contribution < -0.4 is 10.2 Å². The van der Waals surface area contributed by atoms with Gasteiger partial charge in [-0.25, -0.2) is 0 Å². The molecule has 0 radical (unpaired) electrons. The largest absolute Gasteiger partial charge is 0.366 e. The second kappa shape index (κ2) is 11.1. The van der Waals surface area contributed by atoms with Gasteiger partial charge in [0.2, 0.25) is 5.91 Å².